The summed E-state index contributed by atoms with van der Waals surface area (Å²) in [5, 5.41) is 4.01. The number of nitrogens with zero attached hydrogens (tertiary/aromatic N) is 2. The summed E-state index contributed by atoms with van der Waals surface area (Å²) in [6.07, 6.45) is 0.253. The van der Waals surface area contributed by atoms with Crippen LogP contribution in [0, 0.1) is 27.7 Å². The Bertz CT molecular complexity index is 1020. The van der Waals surface area contributed by atoms with E-state index in [0.717, 1.165) is 16.3 Å². The maximum atomic E-state index is 12.6. The number of ether oxygens (including phenoxy) is 1. The summed E-state index contributed by atoms with van der Waals surface area (Å²) in [5.41, 5.74) is 3.32. The van der Waals surface area contributed by atoms with Gasteiger partial charge in [0.1, 0.15) is 5.76 Å². The molecule has 0 atom stereocenters. The van der Waals surface area contributed by atoms with Crippen LogP contribution in [0.25, 0.3) is 5.82 Å². The maximum Gasteiger partial charge on any atom is 0.307 e. The van der Waals surface area contributed by atoms with Gasteiger partial charge in [0.2, 0.25) is 5.78 Å². The lowest BCUT2D eigenvalue weighted by molar-refractivity contribution is -0.141. The van der Waals surface area contributed by atoms with Gasteiger partial charge in [0.15, 0.2) is 12.4 Å². The van der Waals surface area contributed by atoms with Crippen molar-refractivity contribution < 1.29 is 18.8 Å². The topological polar surface area (TPSA) is 74.3 Å². The fourth-order valence-electron chi connectivity index (χ4n) is 3.04. The molecule has 2 heterocycles. The summed E-state index contributed by atoms with van der Waals surface area (Å²) < 4.78 is 12.2. The highest BCUT2D eigenvalue weighted by Crippen LogP contribution is 2.22. The first-order valence-corrected chi connectivity index (χ1v) is 10.3. The van der Waals surface area contributed by atoms with Crippen molar-refractivity contribution in [3.8, 4) is 5.82 Å². The standard InChI is InChI=1S/C22H24N2O4S/c1-14-5-7-18(8-6-14)29-10-9-22(26)27-13-20(25)19-11-15(2)24(17(19)4)21-12-16(3)28-23-21/h5-8,11-12H,9-10,13H2,1-4H3. The van der Waals surface area contributed by atoms with Gasteiger partial charge in [-0.3, -0.25) is 14.2 Å². The Morgan fingerprint density at radius 1 is 1.10 bits per heavy atom. The number of aryl methyl sites for hydroxylation is 3. The Hall–Kier alpha value is -2.80. The van der Waals surface area contributed by atoms with Gasteiger partial charge in [-0.1, -0.05) is 22.9 Å². The van der Waals surface area contributed by atoms with Gasteiger partial charge >= 0.3 is 5.97 Å². The van der Waals surface area contributed by atoms with Crippen LogP contribution in [0.4, 0.5) is 0 Å². The van der Waals surface area contributed by atoms with E-state index in [4.69, 9.17) is 9.26 Å². The smallest absolute Gasteiger partial charge is 0.307 e. The first-order chi connectivity index (χ1) is 13.8. The molecule has 7 heteroatoms. The van der Waals surface area contributed by atoms with Crippen LogP contribution < -0.4 is 0 Å². The molecule has 3 aromatic rings. The van der Waals surface area contributed by atoms with E-state index in [1.807, 2.05) is 56.5 Å². The molecule has 1 aromatic carbocycles. The first kappa shape index (κ1) is 20.9. The second-order valence-electron chi connectivity index (χ2n) is 6.91. The lowest BCUT2D eigenvalue weighted by Gasteiger charge is -2.06. The lowest BCUT2D eigenvalue weighted by atomic mass is 10.1. The molecule has 0 N–H and O–H groups in total. The Kier molecular flexibility index (Phi) is 6.59. The minimum absolute atomic E-state index is 0.232. The predicted molar refractivity (Wildman–Crippen MR) is 112 cm³/mol. The second kappa shape index (κ2) is 9.13. The van der Waals surface area contributed by atoms with Crippen LogP contribution >= 0.6 is 11.8 Å². The van der Waals surface area contributed by atoms with Crippen LogP contribution in [-0.2, 0) is 9.53 Å². The molecule has 3 rings (SSSR count). The van der Waals surface area contributed by atoms with Crippen LogP contribution in [0.1, 0.15) is 39.5 Å². The molecule has 6 nitrogen and oxygen atoms in total. The SMILES string of the molecule is Cc1ccc(SCCC(=O)OCC(=O)c2cc(C)n(-c3cc(C)on3)c2C)cc1. The van der Waals surface area contributed by atoms with Crippen molar-refractivity contribution >= 4 is 23.5 Å². The summed E-state index contributed by atoms with van der Waals surface area (Å²) in [6, 6.07) is 11.7. The zero-order valence-corrected chi connectivity index (χ0v) is 17.8. The van der Waals surface area contributed by atoms with Crippen molar-refractivity contribution in [1.29, 1.82) is 0 Å². The number of ketones is 1. The quantitative estimate of drug-likeness (QED) is 0.306. The van der Waals surface area contributed by atoms with Gasteiger partial charge in [0.25, 0.3) is 0 Å². The molecule has 0 radical (unpaired) electrons. The highest BCUT2D eigenvalue weighted by molar-refractivity contribution is 7.99. The average Bonchev–Trinajstić information content (AvgIpc) is 3.23. The Morgan fingerprint density at radius 3 is 2.48 bits per heavy atom. The number of carbonyl (C=O) groups is 2. The monoisotopic (exact) mass is 412 g/mol. The zero-order valence-electron chi connectivity index (χ0n) is 17.0. The van der Waals surface area contributed by atoms with Crippen LogP contribution in [0.15, 0.2) is 45.8 Å². The molecular weight excluding hydrogens is 388 g/mol. The van der Waals surface area contributed by atoms with Crippen molar-refractivity contribution in [3.63, 3.8) is 0 Å². The maximum absolute atomic E-state index is 12.6. The van der Waals surface area contributed by atoms with Crippen molar-refractivity contribution in [2.75, 3.05) is 12.4 Å². The molecule has 0 saturated heterocycles. The van der Waals surface area contributed by atoms with Crippen molar-refractivity contribution in [2.24, 2.45) is 0 Å². The molecule has 0 fully saturated rings. The number of rotatable bonds is 8. The second-order valence-corrected chi connectivity index (χ2v) is 8.08. The number of carbonyl (C=O) groups excluding carboxylic acids is 2. The molecule has 0 unspecified atom stereocenters. The molecule has 0 saturated carbocycles. The van der Waals surface area contributed by atoms with Gasteiger partial charge in [0.05, 0.1) is 6.42 Å². The van der Waals surface area contributed by atoms with E-state index in [1.54, 1.807) is 23.9 Å². The molecule has 0 bridgehead atoms. The van der Waals surface area contributed by atoms with Gasteiger partial charge in [0, 0.05) is 33.7 Å². The molecular formula is C22H24N2O4S. The summed E-state index contributed by atoms with van der Waals surface area (Å²) in [7, 11) is 0. The van der Waals surface area contributed by atoms with Crippen molar-refractivity contribution in [1.82, 2.24) is 9.72 Å². The van der Waals surface area contributed by atoms with Crippen LogP contribution in [-0.4, -0.2) is 33.8 Å². The third kappa shape index (κ3) is 5.17. The largest absolute Gasteiger partial charge is 0.457 e. The Morgan fingerprint density at radius 2 is 1.83 bits per heavy atom. The third-order valence-corrected chi connectivity index (χ3v) is 5.55. The van der Waals surface area contributed by atoms with Crippen molar-refractivity contribution in [2.45, 2.75) is 39.0 Å². The molecule has 0 aliphatic rings. The summed E-state index contributed by atoms with van der Waals surface area (Å²) in [6.45, 7) is 7.31. The fraction of sp³-hybridized carbons (Fsp3) is 0.318. The van der Waals surface area contributed by atoms with E-state index in [0.29, 0.717) is 22.9 Å². The van der Waals surface area contributed by atoms with E-state index in [2.05, 4.69) is 5.16 Å². The summed E-state index contributed by atoms with van der Waals surface area (Å²) in [4.78, 5) is 25.7. The molecule has 29 heavy (non-hydrogen) atoms. The van der Waals surface area contributed by atoms with Gasteiger partial charge < -0.3 is 9.26 Å². The molecule has 0 amide bonds. The molecule has 152 valence electrons. The normalized spacial score (nSPS) is 10.9. The van der Waals surface area contributed by atoms with Gasteiger partial charge in [-0.05, 0) is 45.9 Å². The Balaban J connectivity index is 1.52. The zero-order chi connectivity index (χ0) is 21.0. The Labute approximate surface area is 174 Å². The first-order valence-electron chi connectivity index (χ1n) is 9.36. The summed E-state index contributed by atoms with van der Waals surface area (Å²) in [5.74, 6) is 1.32. The number of esters is 1. The number of hydrogen-bond acceptors (Lipinski definition) is 6. The highest BCUT2D eigenvalue weighted by atomic mass is 32.2. The van der Waals surface area contributed by atoms with E-state index in [1.165, 1.54) is 5.56 Å². The van der Waals surface area contributed by atoms with Crippen LogP contribution in [0.5, 0.6) is 0 Å². The molecule has 0 spiro atoms. The number of aromatic nitrogens is 2. The molecule has 2 aromatic heterocycles. The number of hydrogen-bond donors (Lipinski definition) is 0. The lowest BCUT2D eigenvalue weighted by Crippen LogP contribution is -2.15. The van der Waals surface area contributed by atoms with E-state index >= 15 is 0 Å². The third-order valence-electron chi connectivity index (χ3n) is 4.54. The van der Waals surface area contributed by atoms with Crippen LogP contribution in [0.2, 0.25) is 0 Å². The van der Waals surface area contributed by atoms with Gasteiger partial charge in [-0.2, -0.15) is 0 Å². The minimum atomic E-state index is -0.376. The average molecular weight is 413 g/mol. The number of thioether (sulfide) groups is 1. The van der Waals surface area contributed by atoms with Gasteiger partial charge in [-0.15, -0.1) is 11.8 Å². The predicted octanol–water partition coefficient (Wildman–Crippen LogP) is 4.61. The summed E-state index contributed by atoms with van der Waals surface area (Å²) >= 11 is 1.59. The number of benzene rings is 1. The van der Waals surface area contributed by atoms with Gasteiger partial charge in [-0.25, -0.2) is 0 Å². The number of Topliss-reactive ketones (excluding diaryl/α,β-unsaturated/α-hetero) is 1. The molecule has 0 aliphatic heterocycles. The van der Waals surface area contributed by atoms with Crippen LogP contribution in [0.3, 0.4) is 0 Å². The van der Waals surface area contributed by atoms with E-state index < -0.39 is 0 Å². The minimum Gasteiger partial charge on any atom is -0.457 e. The highest BCUT2D eigenvalue weighted by Gasteiger charge is 2.19. The van der Waals surface area contributed by atoms with Crippen molar-refractivity contribution in [3.05, 3.63) is 64.7 Å². The molecule has 0 aliphatic carbocycles. The fourth-order valence-corrected chi connectivity index (χ4v) is 3.87. The van der Waals surface area contributed by atoms with E-state index in [-0.39, 0.29) is 24.8 Å². The van der Waals surface area contributed by atoms with E-state index in [9.17, 15) is 9.59 Å².